The van der Waals surface area contributed by atoms with Crippen LogP contribution in [-0.4, -0.2) is 12.6 Å². The molecule has 2 nitrogen and oxygen atoms in total. The summed E-state index contributed by atoms with van der Waals surface area (Å²) < 4.78 is 4.78. The monoisotopic (exact) mass is 226 g/mol. The van der Waals surface area contributed by atoms with Crippen LogP contribution in [0.1, 0.15) is 26.3 Å². The summed E-state index contributed by atoms with van der Waals surface area (Å²) in [4.78, 5) is 11.0. The molecule has 0 bridgehead atoms. The van der Waals surface area contributed by atoms with E-state index in [0.29, 0.717) is 6.47 Å². The second-order valence-corrected chi connectivity index (χ2v) is 3.43. The number of thiol groups is 1. The highest BCUT2D eigenvalue weighted by Crippen LogP contribution is 2.10. The van der Waals surface area contributed by atoms with Crippen molar-refractivity contribution in [3.05, 3.63) is 29.8 Å². The van der Waals surface area contributed by atoms with E-state index in [4.69, 9.17) is 4.74 Å². The molecule has 84 valence electrons. The summed E-state index contributed by atoms with van der Waals surface area (Å²) in [5.74, 6) is 0. The molecule has 0 spiro atoms. The Morgan fingerprint density at radius 3 is 2.33 bits per heavy atom. The maximum atomic E-state index is 10.0. The molecular formula is C12H18O2S. The van der Waals surface area contributed by atoms with E-state index in [0.717, 1.165) is 16.9 Å². The third-order valence-electron chi connectivity index (χ3n) is 1.75. The average Bonchev–Trinajstić information content (AvgIpc) is 2.25. The van der Waals surface area contributed by atoms with E-state index in [2.05, 4.69) is 12.6 Å². The van der Waals surface area contributed by atoms with Gasteiger partial charge in [-0.1, -0.05) is 26.0 Å². The van der Waals surface area contributed by atoms with Gasteiger partial charge >= 0.3 is 0 Å². The first-order chi connectivity index (χ1) is 7.22. The molecule has 0 aliphatic heterocycles. The van der Waals surface area contributed by atoms with Crippen LogP contribution in [0.15, 0.2) is 29.2 Å². The number of benzene rings is 1. The highest BCUT2D eigenvalue weighted by molar-refractivity contribution is 7.80. The van der Waals surface area contributed by atoms with Crippen molar-refractivity contribution in [3.63, 3.8) is 0 Å². The quantitative estimate of drug-likeness (QED) is 0.630. The van der Waals surface area contributed by atoms with E-state index in [9.17, 15) is 4.79 Å². The van der Waals surface area contributed by atoms with Gasteiger partial charge in [-0.2, -0.15) is 0 Å². The van der Waals surface area contributed by atoms with E-state index in [-0.39, 0.29) is 6.10 Å². The number of hydrogen-bond acceptors (Lipinski definition) is 3. The second kappa shape index (κ2) is 8.36. The molecule has 0 N–H and O–H groups in total. The first-order valence-electron chi connectivity index (χ1n) is 5.09. The maximum absolute atomic E-state index is 10.0. The Labute approximate surface area is 97.1 Å². The molecule has 1 unspecified atom stereocenters. The number of carbonyl (C=O) groups is 1. The molecule has 0 aliphatic rings. The van der Waals surface area contributed by atoms with Gasteiger partial charge in [0, 0.05) is 11.3 Å². The zero-order valence-corrected chi connectivity index (χ0v) is 10.3. The fourth-order valence-corrected chi connectivity index (χ4v) is 1.26. The summed E-state index contributed by atoms with van der Waals surface area (Å²) in [6.07, 6.45) is 0.676. The molecule has 0 amide bonds. The molecule has 1 aromatic rings. The largest absolute Gasteiger partial charge is 0.465 e. The Morgan fingerprint density at radius 1 is 1.33 bits per heavy atom. The minimum Gasteiger partial charge on any atom is -0.465 e. The normalized spacial score (nSPS) is 10.9. The molecule has 1 rings (SSSR count). The standard InChI is InChI=1S/C10H12O2S.C2H6/c1-8(12-7-11)6-9-2-4-10(13)5-3-9;1-2/h2-5,7-8,13H,6H2,1H3;1-2H3. The average molecular weight is 226 g/mol. The van der Waals surface area contributed by atoms with Crippen molar-refractivity contribution in [2.24, 2.45) is 0 Å². The van der Waals surface area contributed by atoms with Gasteiger partial charge in [-0.25, -0.2) is 0 Å². The van der Waals surface area contributed by atoms with Crippen LogP contribution in [0, 0.1) is 0 Å². The van der Waals surface area contributed by atoms with Crippen molar-refractivity contribution in [3.8, 4) is 0 Å². The highest BCUT2D eigenvalue weighted by Gasteiger charge is 2.02. The molecule has 0 aliphatic carbocycles. The van der Waals surface area contributed by atoms with E-state index in [1.165, 1.54) is 0 Å². The van der Waals surface area contributed by atoms with Crippen LogP contribution in [0.2, 0.25) is 0 Å². The zero-order valence-electron chi connectivity index (χ0n) is 9.43. The smallest absolute Gasteiger partial charge is 0.293 e. The van der Waals surface area contributed by atoms with E-state index >= 15 is 0 Å². The van der Waals surface area contributed by atoms with E-state index in [1.807, 2.05) is 45.0 Å². The third kappa shape index (κ3) is 6.18. The van der Waals surface area contributed by atoms with Gasteiger partial charge in [0.1, 0.15) is 6.10 Å². The van der Waals surface area contributed by atoms with Crippen LogP contribution in [-0.2, 0) is 16.0 Å². The van der Waals surface area contributed by atoms with Crippen molar-refractivity contribution in [2.75, 3.05) is 0 Å². The lowest BCUT2D eigenvalue weighted by Gasteiger charge is -2.08. The van der Waals surface area contributed by atoms with Crippen LogP contribution >= 0.6 is 12.6 Å². The fourth-order valence-electron chi connectivity index (χ4n) is 1.11. The molecular weight excluding hydrogens is 208 g/mol. The lowest BCUT2D eigenvalue weighted by atomic mass is 10.1. The Hall–Kier alpha value is -0.960. The maximum Gasteiger partial charge on any atom is 0.293 e. The molecule has 0 fully saturated rings. The number of ether oxygens (including phenoxy) is 1. The van der Waals surface area contributed by atoms with Crippen LogP contribution in [0.3, 0.4) is 0 Å². The third-order valence-corrected chi connectivity index (χ3v) is 2.05. The Morgan fingerprint density at radius 2 is 1.87 bits per heavy atom. The topological polar surface area (TPSA) is 26.3 Å². The van der Waals surface area contributed by atoms with Crippen molar-refractivity contribution >= 4 is 19.1 Å². The lowest BCUT2D eigenvalue weighted by molar-refractivity contribution is -0.132. The van der Waals surface area contributed by atoms with Crippen molar-refractivity contribution < 1.29 is 9.53 Å². The van der Waals surface area contributed by atoms with Gasteiger partial charge in [0.05, 0.1) is 0 Å². The van der Waals surface area contributed by atoms with Gasteiger partial charge in [0.2, 0.25) is 0 Å². The zero-order chi connectivity index (χ0) is 11.7. The van der Waals surface area contributed by atoms with Crippen LogP contribution in [0.5, 0.6) is 0 Å². The number of rotatable bonds is 4. The van der Waals surface area contributed by atoms with E-state index in [1.54, 1.807) is 0 Å². The molecule has 0 heterocycles. The molecule has 0 aromatic heterocycles. The highest BCUT2D eigenvalue weighted by atomic mass is 32.1. The number of carbonyl (C=O) groups excluding carboxylic acids is 1. The summed E-state index contributed by atoms with van der Waals surface area (Å²) in [6, 6.07) is 7.80. The minimum absolute atomic E-state index is 0.0664. The van der Waals surface area contributed by atoms with Crippen LogP contribution in [0.4, 0.5) is 0 Å². The minimum atomic E-state index is -0.0664. The van der Waals surface area contributed by atoms with Crippen molar-refractivity contribution in [1.82, 2.24) is 0 Å². The lowest BCUT2D eigenvalue weighted by Crippen LogP contribution is -2.10. The summed E-state index contributed by atoms with van der Waals surface area (Å²) in [5, 5.41) is 0. The Kier molecular flexibility index (Phi) is 7.82. The van der Waals surface area contributed by atoms with E-state index < -0.39 is 0 Å². The Bertz CT molecular complexity index is 269. The van der Waals surface area contributed by atoms with Crippen LogP contribution < -0.4 is 0 Å². The Balaban J connectivity index is 0.000000921. The SMILES string of the molecule is CC.CC(Cc1ccc(S)cc1)OC=O. The van der Waals surface area contributed by atoms with Crippen LogP contribution in [0.25, 0.3) is 0 Å². The molecule has 1 atom stereocenters. The summed E-state index contributed by atoms with van der Waals surface area (Å²) in [6.45, 7) is 6.35. The summed E-state index contributed by atoms with van der Waals surface area (Å²) in [7, 11) is 0. The molecule has 0 radical (unpaired) electrons. The molecule has 3 heteroatoms. The molecule has 15 heavy (non-hydrogen) atoms. The predicted molar refractivity (Wildman–Crippen MR) is 65.4 cm³/mol. The van der Waals surface area contributed by atoms with Gasteiger partial charge < -0.3 is 4.74 Å². The molecule has 0 saturated heterocycles. The first kappa shape index (κ1) is 14.0. The van der Waals surface area contributed by atoms with Gasteiger partial charge in [-0.15, -0.1) is 12.6 Å². The van der Waals surface area contributed by atoms with Crippen molar-refractivity contribution in [1.29, 1.82) is 0 Å². The summed E-state index contributed by atoms with van der Waals surface area (Å²) in [5.41, 5.74) is 1.15. The summed E-state index contributed by atoms with van der Waals surface area (Å²) >= 11 is 4.18. The first-order valence-corrected chi connectivity index (χ1v) is 5.54. The van der Waals surface area contributed by atoms with Gasteiger partial charge in [-0.05, 0) is 24.6 Å². The van der Waals surface area contributed by atoms with Gasteiger partial charge in [0.25, 0.3) is 6.47 Å². The van der Waals surface area contributed by atoms with Gasteiger partial charge in [0.15, 0.2) is 0 Å². The molecule has 0 saturated carbocycles. The predicted octanol–water partition coefficient (Wildman–Crippen LogP) is 3.11. The fraction of sp³-hybridized carbons (Fsp3) is 0.417. The number of hydrogen-bond donors (Lipinski definition) is 1. The molecule has 1 aromatic carbocycles. The second-order valence-electron chi connectivity index (χ2n) is 2.91. The van der Waals surface area contributed by atoms with Gasteiger partial charge in [-0.3, -0.25) is 4.79 Å². The van der Waals surface area contributed by atoms with Crippen molar-refractivity contribution in [2.45, 2.75) is 38.2 Å².